The molecule has 2 fully saturated rings. The van der Waals surface area contributed by atoms with E-state index in [2.05, 4.69) is 6.92 Å². The first-order valence-electron chi connectivity index (χ1n) is 4.35. The predicted octanol–water partition coefficient (Wildman–Crippen LogP) is 1.78. The highest BCUT2D eigenvalue weighted by molar-refractivity contribution is 6.13. The predicted molar refractivity (Wildman–Crippen MR) is 44.5 cm³/mol. The summed E-state index contributed by atoms with van der Waals surface area (Å²) in [5, 5.41) is 0. The summed E-state index contributed by atoms with van der Waals surface area (Å²) in [4.78, 5) is 0. The molecule has 2 rings (SSSR count). The quantitative estimate of drug-likeness (QED) is 0.521. The summed E-state index contributed by atoms with van der Waals surface area (Å²) in [5.41, 5.74) is 0. The molecule has 0 aromatic rings. The Kier molecular flexibility index (Phi) is 2.08. The maximum Gasteiger partial charge on any atom is 0.0744 e. The topological polar surface area (TPSA) is 12.5 Å². The summed E-state index contributed by atoms with van der Waals surface area (Å²) in [6.45, 7) is 2.91. The first kappa shape index (κ1) is 7.84. The van der Waals surface area contributed by atoms with E-state index < -0.39 is 0 Å². The molecular weight excluding hydrogens is 162 g/mol. The van der Waals surface area contributed by atoms with Crippen LogP contribution in [0.15, 0.2) is 0 Å². The highest BCUT2D eigenvalue weighted by atomic mass is 35.5. The fourth-order valence-corrected chi connectivity index (χ4v) is 2.32. The van der Waals surface area contributed by atoms with Gasteiger partial charge >= 0.3 is 0 Å². The number of nitrogens with zero attached hydrogens (tertiary/aromatic N) is 1. The summed E-state index contributed by atoms with van der Waals surface area (Å²) in [6, 6.07) is 0.872. The molecule has 11 heavy (non-hydrogen) atoms. The third-order valence-corrected chi connectivity index (χ3v) is 3.29. The van der Waals surface area contributed by atoms with Crippen molar-refractivity contribution in [1.29, 1.82) is 0 Å². The van der Waals surface area contributed by atoms with E-state index in [4.69, 9.17) is 16.5 Å². The average Bonchev–Trinajstić information content (AvgIpc) is 2.45. The van der Waals surface area contributed by atoms with Gasteiger partial charge in [-0.1, -0.05) is 0 Å². The Balaban J connectivity index is 2.06. The minimum absolute atomic E-state index is 0.385. The van der Waals surface area contributed by atoms with E-state index in [1.54, 1.807) is 0 Å². The van der Waals surface area contributed by atoms with Crippen LogP contribution in [-0.2, 0) is 4.74 Å². The van der Waals surface area contributed by atoms with Crippen LogP contribution in [0.1, 0.15) is 26.2 Å². The lowest BCUT2D eigenvalue weighted by molar-refractivity contribution is -0.0499. The van der Waals surface area contributed by atoms with Crippen LogP contribution in [0.5, 0.6) is 0 Å². The van der Waals surface area contributed by atoms with Gasteiger partial charge in [-0.3, -0.25) is 0 Å². The molecule has 0 spiro atoms. The summed E-state index contributed by atoms with van der Waals surface area (Å²) in [5.74, 6) is 0. The van der Waals surface area contributed by atoms with E-state index in [1.807, 2.05) is 4.42 Å². The number of ether oxygens (including phenoxy) is 1. The van der Waals surface area contributed by atoms with Gasteiger partial charge in [0.2, 0.25) is 0 Å². The molecule has 2 nitrogen and oxygen atoms in total. The Labute approximate surface area is 72.6 Å². The van der Waals surface area contributed by atoms with E-state index >= 15 is 0 Å². The fourth-order valence-electron chi connectivity index (χ4n) is 2.04. The summed E-state index contributed by atoms with van der Waals surface area (Å²) < 4.78 is 7.62. The Hall–Kier alpha value is 0.210. The molecule has 3 atom stereocenters. The van der Waals surface area contributed by atoms with Gasteiger partial charge in [0.1, 0.15) is 0 Å². The van der Waals surface area contributed by atoms with Crippen LogP contribution >= 0.6 is 11.8 Å². The molecule has 1 saturated carbocycles. The highest BCUT2D eigenvalue weighted by Crippen LogP contribution is 2.32. The van der Waals surface area contributed by atoms with E-state index in [-0.39, 0.29) is 0 Å². The van der Waals surface area contributed by atoms with Crippen LogP contribution in [0.4, 0.5) is 0 Å². The number of rotatable bonds is 0. The lowest BCUT2D eigenvalue weighted by Gasteiger charge is -2.37. The molecule has 0 aromatic heterocycles. The summed E-state index contributed by atoms with van der Waals surface area (Å²) in [6.07, 6.45) is 4.09. The molecule has 0 bridgehead atoms. The Morgan fingerprint density at radius 3 is 3.09 bits per heavy atom. The SMILES string of the molecule is CC1CO[C@@H]2CCC[C@H]2N1Cl. The Bertz CT molecular complexity index is 153. The van der Waals surface area contributed by atoms with Crippen LogP contribution in [0.2, 0.25) is 0 Å². The van der Waals surface area contributed by atoms with Crippen LogP contribution < -0.4 is 0 Å². The molecule has 1 saturated heterocycles. The minimum Gasteiger partial charge on any atom is -0.375 e. The fraction of sp³-hybridized carbons (Fsp3) is 1.00. The first-order chi connectivity index (χ1) is 5.29. The number of fused-ring (bicyclic) bond motifs is 1. The van der Waals surface area contributed by atoms with Crippen LogP contribution in [0.3, 0.4) is 0 Å². The van der Waals surface area contributed by atoms with Gasteiger partial charge in [0, 0.05) is 6.04 Å². The molecule has 0 N–H and O–H groups in total. The molecule has 64 valence electrons. The zero-order valence-corrected chi connectivity index (χ0v) is 7.55. The standard InChI is InChI=1S/C8H14ClNO/c1-6-5-11-8-4-2-3-7(8)10(6)9/h6-8H,2-5H2,1H3/t6?,7-,8-/m1/s1. The van der Waals surface area contributed by atoms with Crippen LogP contribution in [-0.4, -0.2) is 29.2 Å². The maximum atomic E-state index is 6.12. The van der Waals surface area contributed by atoms with Crippen molar-refractivity contribution in [3.05, 3.63) is 0 Å². The van der Waals surface area contributed by atoms with Crippen LogP contribution in [0.25, 0.3) is 0 Å². The van der Waals surface area contributed by atoms with Gasteiger partial charge in [-0.05, 0) is 38.0 Å². The third-order valence-electron chi connectivity index (χ3n) is 2.71. The molecule has 0 radical (unpaired) electrons. The number of morpholine rings is 1. The first-order valence-corrected chi connectivity index (χ1v) is 4.68. The normalized spacial score (nSPS) is 45.8. The molecule has 2 aliphatic rings. The van der Waals surface area contributed by atoms with E-state index in [9.17, 15) is 0 Å². The van der Waals surface area contributed by atoms with E-state index in [1.165, 1.54) is 19.3 Å². The monoisotopic (exact) mass is 175 g/mol. The van der Waals surface area contributed by atoms with Crippen molar-refractivity contribution >= 4 is 11.8 Å². The van der Waals surface area contributed by atoms with Crippen molar-refractivity contribution in [3.8, 4) is 0 Å². The lowest BCUT2D eigenvalue weighted by atomic mass is 10.1. The smallest absolute Gasteiger partial charge is 0.0744 e. The third kappa shape index (κ3) is 1.28. The van der Waals surface area contributed by atoms with E-state index in [0.717, 1.165) is 6.61 Å². The van der Waals surface area contributed by atoms with Gasteiger partial charge in [0.05, 0.1) is 18.8 Å². The largest absolute Gasteiger partial charge is 0.375 e. The molecular formula is C8H14ClNO. The van der Waals surface area contributed by atoms with Crippen molar-refractivity contribution in [1.82, 2.24) is 4.42 Å². The summed E-state index contributed by atoms with van der Waals surface area (Å²) >= 11 is 6.12. The van der Waals surface area contributed by atoms with Crippen LogP contribution in [0, 0.1) is 0 Å². The Morgan fingerprint density at radius 1 is 1.45 bits per heavy atom. The second-order valence-corrected chi connectivity index (χ2v) is 3.95. The second-order valence-electron chi connectivity index (χ2n) is 3.56. The van der Waals surface area contributed by atoms with Gasteiger partial charge in [-0.15, -0.1) is 0 Å². The number of hydrogen-bond acceptors (Lipinski definition) is 2. The molecule has 3 heteroatoms. The van der Waals surface area contributed by atoms with Gasteiger partial charge in [-0.2, -0.15) is 0 Å². The van der Waals surface area contributed by atoms with Crippen molar-refractivity contribution in [2.24, 2.45) is 0 Å². The Morgan fingerprint density at radius 2 is 2.27 bits per heavy atom. The van der Waals surface area contributed by atoms with Gasteiger partial charge < -0.3 is 4.74 Å². The van der Waals surface area contributed by atoms with Gasteiger partial charge in [0.25, 0.3) is 0 Å². The molecule has 0 amide bonds. The van der Waals surface area contributed by atoms with Crippen molar-refractivity contribution in [2.45, 2.75) is 44.4 Å². The zero-order valence-electron chi connectivity index (χ0n) is 6.79. The van der Waals surface area contributed by atoms with Gasteiger partial charge in [0.15, 0.2) is 0 Å². The van der Waals surface area contributed by atoms with Crippen molar-refractivity contribution in [3.63, 3.8) is 0 Å². The van der Waals surface area contributed by atoms with E-state index in [0.29, 0.717) is 18.2 Å². The van der Waals surface area contributed by atoms with Crippen molar-refractivity contribution in [2.75, 3.05) is 6.61 Å². The molecule has 0 aromatic carbocycles. The zero-order chi connectivity index (χ0) is 7.84. The number of halogens is 1. The second kappa shape index (κ2) is 2.92. The van der Waals surface area contributed by atoms with Crippen molar-refractivity contribution < 1.29 is 4.74 Å². The average molecular weight is 176 g/mol. The molecule has 1 heterocycles. The van der Waals surface area contributed by atoms with Gasteiger partial charge in [-0.25, -0.2) is 4.42 Å². The summed E-state index contributed by atoms with van der Waals surface area (Å²) in [7, 11) is 0. The highest BCUT2D eigenvalue weighted by Gasteiger charge is 2.38. The minimum atomic E-state index is 0.385. The molecule has 1 unspecified atom stereocenters. The maximum absolute atomic E-state index is 6.12. The number of hydrogen-bond donors (Lipinski definition) is 0. The lowest BCUT2D eigenvalue weighted by Crippen LogP contribution is -2.48. The molecule has 1 aliphatic carbocycles. The molecule has 1 aliphatic heterocycles.